The molecule has 1 aromatic carbocycles. The van der Waals surface area contributed by atoms with Crippen LogP contribution in [0.15, 0.2) is 18.2 Å². The lowest BCUT2D eigenvalue weighted by Gasteiger charge is -2.22. The summed E-state index contributed by atoms with van der Waals surface area (Å²) in [6, 6.07) is 3.97. The zero-order valence-corrected chi connectivity index (χ0v) is 10.3. The molecule has 0 amide bonds. The molecule has 0 saturated carbocycles. The molecule has 1 heterocycles. The number of benzene rings is 1. The Bertz CT molecular complexity index is 429. The lowest BCUT2D eigenvalue weighted by molar-refractivity contribution is -0.137. The number of halogens is 3. The molecule has 0 radical (unpaired) electrons. The van der Waals surface area contributed by atoms with Crippen LogP contribution in [0.5, 0.6) is 0 Å². The van der Waals surface area contributed by atoms with Crippen molar-refractivity contribution >= 4 is 5.69 Å². The molecule has 1 unspecified atom stereocenters. The molecule has 2 rings (SSSR count). The lowest BCUT2D eigenvalue weighted by Crippen LogP contribution is -2.19. The number of rotatable bonds is 1. The third-order valence-corrected chi connectivity index (χ3v) is 3.54. The van der Waals surface area contributed by atoms with Crippen LogP contribution in [0.1, 0.15) is 29.9 Å². The van der Waals surface area contributed by atoms with Crippen molar-refractivity contribution in [3.05, 3.63) is 29.3 Å². The number of nitrogens with zero attached hydrogens (tertiary/aromatic N) is 1. The molecule has 2 nitrogen and oxygen atoms in total. The van der Waals surface area contributed by atoms with Gasteiger partial charge in [-0.25, -0.2) is 0 Å². The first-order chi connectivity index (χ1) is 8.43. The highest BCUT2D eigenvalue weighted by molar-refractivity contribution is 5.57. The Labute approximate surface area is 105 Å². The van der Waals surface area contributed by atoms with Crippen LogP contribution in [-0.4, -0.2) is 20.1 Å². The molecule has 18 heavy (non-hydrogen) atoms. The second-order valence-electron chi connectivity index (χ2n) is 4.77. The van der Waals surface area contributed by atoms with E-state index in [1.807, 2.05) is 11.9 Å². The van der Waals surface area contributed by atoms with Gasteiger partial charge in [-0.2, -0.15) is 13.2 Å². The Hall–Kier alpha value is -1.23. The average molecular weight is 258 g/mol. The second-order valence-corrected chi connectivity index (χ2v) is 4.77. The van der Waals surface area contributed by atoms with Crippen LogP contribution in [0.3, 0.4) is 0 Å². The van der Waals surface area contributed by atoms with Crippen LogP contribution in [0.25, 0.3) is 0 Å². The Morgan fingerprint density at radius 3 is 2.72 bits per heavy atom. The van der Waals surface area contributed by atoms with Gasteiger partial charge in [0.2, 0.25) is 0 Å². The normalized spacial score (nSPS) is 20.5. The molecule has 5 heteroatoms. The summed E-state index contributed by atoms with van der Waals surface area (Å²) in [6.45, 7) is 1.25. The zero-order chi connectivity index (χ0) is 13.3. The van der Waals surface area contributed by atoms with Gasteiger partial charge in [0.25, 0.3) is 0 Å². The number of alkyl halides is 3. The molecule has 0 saturated heterocycles. The van der Waals surface area contributed by atoms with Gasteiger partial charge in [0, 0.05) is 19.3 Å². The fourth-order valence-electron chi connectivity index (χ4n) is 2.50. The molecule has 100 valence electrons. The third-order valence-electron chi connectivity index (χ3n) is 3.54. The van der Waals surface area contributed by atoms with Crippen molar-refractivity contribution in [2.24, 2.45) is 5.73 Å². The molecular weight excluding hydrogens is 241 g/mol. The first kappa shape index (κ1) is 13.2. The highest BCUT2D eigenvalue weighted by atomic mass is 19.4. The lowest BCUT2D eigenvalue weighted by atomic mass is 9.92. The Morgan fingerprint density at radius 2 is 2.11 bits per heavy atom. The van der Waals surface area contributed by atoms with Gasteiger partial charge in [-0.15, -0.1) is 0 Å². The van der Waals surface area contributed by atoms with E-state index in [0.717, 1.165) is 36.7 Å². The summed E-state index contributed by atoms with van der Waals surface area (Å²) < 4.78 is 38.2. The van der Waals surface area contributed by atoms with E-state index in [2.05, 4.69) is 0 Å². The van der Waals surface area contributed by atoms with Gasteiger partial charge in [0.15, 0.2) is 0 Å². The van der Waals surface area contributed by atoms with Gasteiger partial charge in [-0.1, -0.05) is 0 Å². The number of nitrogens with two attached hydrogens (primary N) is 1. The predicted octanol–water partition coefficient (Wildman–Crippen LogP) is 2.98. The summed E-state index contributed by atoms with van der Waals surface area (Å²) in [5, 5.41) is 0. The molecule has 0 bridgehead atoms. The number of hydrogen-bond donors (Lipinski definition) is 1. The van der Waals surface area contributed by atoms with Crippen molar-refractivity contribution in [3.63, 3.8) is 0 Å². The topological polar surface area (TPSA) is 29.3 Å². The highest BCUT2D eigenvalue weighted by Gasteiger charge is 2.32. The number of fused-ring (bicyclic) bond motifs is 1. The Morgan fingerprint density at radius 1 is 1.39 bits per heavy atom. The first-order valence-electron chi connectivity index (χ1n) is 6.06. The Kier molecular flexibility index (Phi) is 3.52. The van der Waals surface area contributed by atoms with E-state index < -0.39 is 11.7 Å². The summed E-state index contributed by atoms with van der Waals surface area (Å²) in [6.07, 6.45) is -2.50. The van der Waals surface area contributed by atoms with E-state index in [-0.39, 0.29) is 5.92 Å². The van der Waals surface area contributed by atoms with Crippen molar-refractivity contribution < 1.29 is 13.2 Å². The van der Waals surface area contributed by atoms with E-state index in [9.17, 15) is 13.2 Å². The third kappa shape index (κ3) is 2.46. The predicted molar refractivity (Wildman–Crippen MR) is 65.7 cm³/mol. The van der Waals surface area contributed by atoms with Crippen molar-refractivity contribution in [1.29, 1.82) is 0 Å². The fraction of sp³-hybridized carbons (Fsp3) is 0.538. The molecule has 2 N–H and O–H groups in total. The van der Waals surface area contributed by atoms with Crippen molar-refractivity contribution in [1.82, 2.24) is 0 Å². The van der Waals surface area contributed by atoms with Gasteiger partial charge in [0.1, 0.15) is 0 Å². The van der Waals surface area contributed by atoms with Gasteiger partial charge in [0.05, 0.1) is 5.56 Å². The molecule has 1 aliphatic heterocycles. The van der Waals surface area contributed by atoms with E-state index in [1.165, 1.54) is 6.07 Å². The molecule has 0 spiro atoms. The van der Waals surface area contributed by atoms with E-state index in [4.69, 9.17) is 5.73 Å². The maximum atomic E-state index is 12.7. The van der Waals surface area contributed by atoms with Crippen LogP contribution in [0.4, 0.5) is 18.9 Å². The second kappa shape index (κ2) is 4.80. The molecule has 0 fully saturated rings. The Balaban J connectivity index is 2.50. The van der Waals surface area contributed by atoms with Crippen LogP contribution in [0.2, 0.25) is 0 Å². The minimum absolute atomic E-state index is 0.0206. The van der Waals surface area contributed by atoms with Crippen LogP contribution in [-0.2, 0) is 6.18 Å². The van der Waals surface area contributed by atoms with Gasteiger partial charge < -0.3 is 10.6 Å². The molecule has 1 aliphatic rings. The van der Waals surface area contributed by atoms with Gasteiger partial charge >= 0.3 is 6.18 Å². The van der Waals surface area contributed by atoms with Crippen molar-refractivity contribution in [2.45, 2.75) is 24.9 Å². The van der Waals surface area contributed by atoms with E-state index in [0.29, 0.717) is 6.54 Å². The van der Waals surface area contributed by atoms with Gasteiger partial charge in [-0.05, 0) is 49.1 Å². The summed E-state index contributed by atoms with van der Waals surface area (Å²) in [7, 11) is 1.91. The molecule has 1 aromatic rings. The monoisotopic (exact) mass is 258 g/mol. The summed E-state index contributed by atoms with van der Waals surface area (Å²) >= 11 is 0. The maximum absolute atomic E-state index is 12.7. The summed E-state index contributed by atoms with van der Waals surface area (Å²) in [4.78, 5) is 2.01. The zero-order valence-electron chi connectivity index (χ0n) is 10.3. The molecule has 1 atom stereocenters. The quantitative estimate of drug-likeness (QED) is 0.839. The van der Waals surface area contributed by atoms with Crippen molar-refractivity contribution in [3.8, 4) is 0 Å². The average Bonchev–Trinajstić information content (AvgIpc) is 2.47. The molecule has 0 aliphatic carbocycles. The smallest absolute Gasteiger partial charge is 0.374 e. The van der Waals surface area contributed by atoms with Crippen LogP contribution < -0.4 is 10.6 Å². The standard InChI is InChI=1S/C13H17F3N2/c1-18-6-2-3-9(8-17)11-7-10(13(14,15)16)4-5-12(11)18/h4-5,7,9H,2-3,6,8,17H2,1H3. The summed E-state index contributed by atoms with van der Waals surface area (Å²) in [5.41, 5.74) is 6.70. The number of anilines is 1. The van der Waals surface area contributed by atoms with Crippen LogP contribution >= 0.6 is 0 Å². The molecular formula is C13H17F3N2. The van der Waals surface area contributed by atoms with Gasteiger partial charge in [-0.3, -0.25) is 0 Å². The van der Waals surface area contributed by atoms with Crippen LogP contribution in [0, 0.1) is 0 Å². The summed E-state index contributed by atoms with van der Waals surface area (Å²) in [5.74, 6) is 0.0206. The minimum Gasteiger partial charge on any atom is -0.374 e. The fourth-order valence-corrected chi connectivity index (χ4v) is 2.50. The highest BCUT2D eigenvalue weighted by Crippen LogP contribution is 2.38. The largest absolute Gasteiger partial charge is 0.416 e. The van der Waals surface area contributed by atoms with Crippen molar-refractivity contribution in [2.75, 3.05) is 25.0 Å². The van der Waals surface area contributed by atoms with E-state index in [1.54, 1.807) is 6.07 Å². The first-order valence-corrected chi connectivity index (χ1v) is 6.06. The molecule has 0 aromatic heterocycles. The SMILES string of the molecule is CN1CCCC(CN)c2cc(C(F)(F)F)ccc21. The minimum atomic E-state index is -4.29. The maximum Gasteiger partial charge on any atom is 0.416 e. The van der Waals surface area contributed by atoms with E-state index >= 15 is 0 Å². The number of hydrogen-bond acceptors (Lipinski definition) is 2.